The number of allylic oxidation sites excluding steroid dienone is 1. The smallest absolute Gasteiger partial charge is 0.135 e. The van der Waals surface area contributed by atoms with Crippen LogP contribution in [-0.4, -0.2) is 31.3 Å². The minimum Gasteiger partial charge on any atom is -0.378 e. The van der Waals surface area contributed by atoms with Crippen molar-refractivity contribution in [3.05, 3.63) is 58.1 Å². The van der Waals surface area contributed by atoms with Gasteiger partial charge in [0.05, 0.1) is 29.0 Å². The molecule has 4 rings (SSSR count). The molecule has 6 heteroatoms. The third-order valence-corrected chi connectivity index (χ3v) is 5.59. The van der Waals surface area contributed by atoms with Crippen LogP contribution in [0.15, 0.2) is 42.5 Å². The maximum Gasteiger partial charge on any atom is 0.135 e. The second-order valence-corrected chi connectivity index (χ2v) is 7.46. The minimum atomic E-state index is 0.557. The Balaban J connectivity index is 1.61. The third kappa shape index (κ3) is 3.58. The molecule has 0 amide bonds. The Bertz CT molecular complexity index is 998. The summed E-state index contributed by atoms with van der Waals surface area (Å²) in [5.41, 5.74) is 3.54. The number of fused-ring (bicyclic) bond motifs is 1. The van der Waals surface area contributed by atoms with Crippen LogP contribution in [0.2, 0.25) is 5.02 Å². The Morgan fingerprint density at radius 1 is 1.19 bits per heavy atom. The molecular weight excluding hydrogens is 366 g/mol. The number of ether oxygens (including phenoxy) is 1. The average molecular weight is 382 g/mol. The summed E-state index contributed by atoms with van der Waals surface area (Å²) in [6.07, 6.45) is 1.88. The molecule has 0 saturated carbocycles. The predicted molar refractivity (Wildman–Crippen MR) is 108 cm³/mol. The Morgan fingerprint density at radius 3 is 2.69 bits per heavy atom. The summed E-state index contributed by atoms with van der Waals surface area (Å²) in [5.74, 6) is 0. The largest absolute Gasteiger partial charge is 0.378 e. The Kier molecular flexibility index (Phi) is 4.89. The van der Waals surface area contributed by atoms with Gasteiger partial charge in [0.25, 0.3) is 0 Å². The van der Waals surface area contributed by atoms with E-state index < -0.39 is 0 Å². The fraction of sp³-hybridized carbons (Fsp3) is 0.200. The molecule has 1 aliphatic heterocycles. The molecule has 0 spiro atoms. The zero-order valence-electron chi connectivity index (χ0n) is 14.0. The zero-order valence-corrected chi connectivity index (χ0v) is 15.6. The van der Waals surface area contributed by atoms with Crippen molar-refractivity contribution in [1.82, 2.24) is 4.98 Å². The summed E-state index contributed by atoms with van der Waals surface area (Å²) in [5, 5.41) is 10.9. The molecule has 130 valence electrons. The highest BCUT2D eigenvalue weighted by Gasteiger charge is 2.12. The van der Waals surface area contributed by atoms with Crippen molar-refractivity contribution in [2.24, 2.45) is 0 Å². The molecule has 0 atom stereocenters. The quantitative estimate of drug-likeness (QED) is 0.608. The molecule has 4 nitrogen and oxygen atoms in total. The summed E-state index contributed by atoms with van der Waals surface area (Å²) in [6.45, 7) is 3.35. The van der Waals surface area contributed by atoms with E-state index in [1.165, 1.54) is 17.0 Å². The second kappa shape index (κ2) is 7.46. The summed E-state index contributed by atoms with van der Waals surface area (Å²) in [7, 11) is 0. The van der Waals surface area contributed by atoms with Gasteiger partial charge in [0.15, 0.2) is 0 Å². The van der Waals surface area contributed by atoms with Crippen molar-refractivity contribution in [3.8, 4) is 6.07 Å². The summed E-state index contributed by atoms with van der Waals surface area (Å²) >= 11 is 7.52. The van der Waals surface area contributed by atoms with Crippen LogP contribution in [-0.2, 0) is 4.74 Å². The van der Waals surface area contributed by atoms with Crippen LogP contribution in [0.3, 0.4) is 0 Å². The van der Waals surface area contributed by atoms with Crippen molar-refractivity contribution < 1.29 is 4.74 Å². The number of hydrogen-bond acceptors (Lipinski definition) is 5. The van der Waals surface area contributed by atoms with Crippen LogP contribution in [0.4, 0.5) is 5.69 Å². The first kappa shape index (κ1) is 17.0. The first-order valence-electron chi connectivity index (χ1n) is 8.34. The van der Waals surface area contributed by atoms with Gasteiger partial charge in [-0.1, -0.05) is 23.7 Å². The summed E-state index contributed by atoms with van der Waals surface area (Å²) < 4.78 is 6.41. The van der Waals surface area contributed by atoms with Gasteiger partial charge in [0, 0.05) is 23.8 Å². The maximum absolute atomic E-state index is 9.58. The molecule has 1 fully saturated rings. The molecule has 0 unspecified atom stereocenters. The van der Waals surface area contributed by atoms with Crippen LogP contribution in [0.1, 0.15) is 10.6 Å². The molecule has 0 N–H and O–H groups in total. The lowest BCUT2D eigenvalue weighted by Crippen LogP contribution is -2.36. The first-order chi connectivity index (χ1) is 12.7. The van der Waals surface area contributed by atoms with Crippen LogP contribution < -0.4 is 4.90 Å². The number of nitriles is 1. The van der Waals surface area contributed by atoms with Gasteiger partial charge < -0.3 is 9.64 Å². The van der Waals surface area contributed by atoms with Crippen LogP contribution in [0.25, 0.3) is 21.9 Å². The van der Waals surface area contributed by atoms with E-state index in [1.54, 1.807) is 0 Å². The van der Waals surface area contributed by atoms with Crippen LogP contribution in [0.5, 0.6) is 0 Å². The highest BCUT2D eigenvalue weighted by atomic mass is 35.5. The van der Waals surface area contributed by atoms with E-state index in [4.69, 9.17) is 16.3 Å². The van der Waals surface area contributed by atoms with Gasteiger partial charge in [0.2, 0.25) is 0 Å². The zero-order chi connectivity index (χ0) is 17.9. The number of rotatable bonds is 3. The fourth-order valence-electron chi connectivity index (χ4n) is 2.93. The molecule has 0 radical (unpaired) electrons. The van der Waals surface area contributed by atoms with E-state index in [2.05, 4.69) is 28.1 Å². The van der Waals surface area contributed by atoms with Gasteiger partial charge in [-0.15, -0.1) is 11.3 Å². The molecule has 2 aromatic carbocycles. The fourth-order valence-corrected chi connectivity index (χ4v) is 4.01. The van der Waals surface area contributed by atoms with E-state index in [0.29, 0.717) is 15.6 Å². The van der Waals surface area contributed by atoms with E-state index in [1.807, 2.05) is 36.4 Å². The molecule has 0 bridgehead atoms. The number of benzene rings is 2. The predicted octanol–water partition coefficient (Wildman–Crippen LogP) is 4.85. The number of anilines is 1. The molecular formula is C20H16ClN3OS. The number of halogens is 1. The Hall–Kier alpha value is -2.39. The number of morpholine rings is 1. The van der Waals surface area contributed by atoms with Crippen LogP contribution >= 0.6 is 22.9 Å². The van der Waals surface area contributed by atoms with Crippen LogP contribution in [0, 0.1) is 11.3 Å². The van der Waals surface area contributed by atoms with Gasteiger partial charge in [-0.3, -0.25) is 0 Å². The summed E-state index contributed by atoms with van der Waals surface area (Å²) in [6, 6.07) is 16.1. The van der Waals surface area contributed by atoms with Gasteiger partial charge in [0.1, 0.15) is 11.1 Å². The number of nitrogens with zero attached hydrogens (tertiary/aromatic N) is 3. The van der Waals surface area contributed by atoms with E-state index in [9.17, 15) is 5.26 Å². The third-order valence-electron chi connectivity index (χ3n) is 4.28. The first-order valence-corrected chi connectivity index (χ1v) is 9.53. The minimum absolute atomic E-state index is 0.557. The number of aromatic nitrogens is 1. The van der Waals surface area contributed by atoms with Gasteiger partial charge in [-0.25, -0.2) is 4.98 Å². The van der Waals surface area contributed by atoms with E-state index in [-0.39, 0.29) is 0 Å². The lowest BCUT2D eigenvalue weighted by molar-refractivity contribution is 0.122. The second-order valence-electron chi connectivity index (χ2n) is 5.99. The number of hydrogen-bond donors (Lipinski definition) is 0. The Labute approximate surface area is 160 Å². The Morgan fingerprint density at radius 2 is 1.96 bits per heavy atom. The standard InChI is InChI=1S/C20H16ClN3OS/c21-16-3-6-19-18(12-16)23-20(26-19)15(13-22)11-14-1-4-17(5-2-14)24-7-9-25-10-8-24/h1-6,11-12H,7-10H2. The van der Waals surface area contributed by atoms with Crippen molar-refractivity contribution >= 4 is 50.5 Å². The van der Waals surface area contributed by atoms with Crippen molar-refractivity contribution in [2.45, 2.75) is 0 Å². The molecule has 0 aliphatic carbocycles. The molecule has 26 heavy (non-hydrogen) atoms. The van der Waals surface area contributed by atoms with Gasteiger partial charge in [-0.2, -0.15) is 5.26 Å². The molecule has 2 heterocycles. The summed E-state index contributed by atoms with van der Waals surface area (Å²) in [4.78, 5) is 6.86. The topological polar surface area (TPSA) is 49.2 Å². The monoisotopic (exact) mass is 381 g/mol. The van der Waals surface area contributed by atoms with Gasteiger partial charge in [-0.05, 0) is 42.0 Å². The normalized spacial score (nSPS) is 15.2. The highest BCUT2D eigenvalue weighted by Crippen LogP contribution is 2.30. The molecule has 3 aromatic rings. The molecule has 1 aromatic heterocycles. The van der Waals surface area contributed by atoms with Crippen molar-refractivity contribution in [2.75, 3.05) is 31.2 Å². The van der Waals surface area contributed by atoms with E-state index in [0.717, 1.165) is 42.1 Å². The molecule has 1 aliphatic rings. The molecule has 1 saturated heterocycles. The lowest BCUT2D eigenvalue weighted by atomic mass is 10.1. The lowest BCUT2D eigenvalue weighted by Gasteiger charge is -2.28. The van der Waals surface area contributed by atoms with Crippen molar-refractivity contribution in [1.29, 1.82) is 5.26 Å². The van der Waals surface area contributed by atoms with Gasteiger partial charge >= 0.3 is 0 Å². The highest BCUT2D eigenvalue weighted by molar-refractivity contribution is 7.19. The average Bonchev–Trinajstić information content (AvgIpc) is 3.10. The van der Waals surface area contributed by atoms with Crippen molar-refractivity contribution in [3.63, 3.8) is 0 Å². The maximum atomic E-state index is 9.58. The number of thiazole rings is 1. The SMILES string of the molecule is N#CC(=Cc1ccc(N2CCOCC2)cc1)c1nc2cc(Cl)ccc2s1. The van der Waals surface area contributed by atoms with E-state index >= 15 is 0 Å².